The minimum absolute atomic E-state index is 0.0555. The summed E-state index contributed by atoms with van der Waals surface area (Å²) in [5, 5.41) is 54.4. The molecule has 0 radical (unpaired) electrons. The first-order valence-corrected chi connectivity index (χ1v) is 5.94. The summed E-state index contributed by atoms with van der Waals surface area (Å²) in [5.41, 5.74) is 0.579. The highest BCUT2D eigenvalue weighted by Gasteiger charge is 2.26. The molecule has 0 saturated carbocycles. The molecule has 0 aliphatic rings. The summed E-state index contributed by atoms with van der Waals surface area (Å²) in [7, 11) is 0. The highest BCUT2D eigenvalue weighted by molar-refractivity contribution is 5.09. The molecule has 0 amide bonds. The van der Waals surface area contributed by atoms with Crippen molar-refractivity contribution in [3.8, 4) is 0 Å². The van der Waals surface area contributed by atoms with E-state index in [1.54, 1.807) is 0 Å². The monoisotopic (exact) mass is 286 g/mol. The molecule has 112 valence electrons. The molecule has 8 nitrogen and oxygen atoms in total. The quantitative estimate of drug-likeness (QED) is 0.241. The molecule has 3 atom stereocenters. The largest absolute Gasteiger partial charge is 0.394 e. The topological polar surface area (TPSA) is 147 Å². The summed E-state index contributed by atoms with van der Waals surface area (Å²) in [5.74, 6) is 0. The van der Waals surface area contributed by atoms with Gasteiger partial charge in [-0.2, -0.15) is 0 Å². The molecule has 8 heteroatoms. The lowest BCUT2D eigenvalue weighted by Gasteiger charge is -2.20. The third-order valence-electron chi connectivity index (χ3n) is 2.57. The van der Waals surface area contributed by atoms with Gasteiger partial charge in [-0.1, -0.05) is 6.08 Å². The van der Waals surface area contributed by atoms with Gasteiger partial charge in [-0.15, -0.1) is 0 Å². The second-order valence-corrected chi connectivity index (χ2v) is 4.16. The van der Waals surface area contributed by atoms with Gasteiger partial charge in [0.15, 0.2) is 6.29 Å². The van der Waals surface area contributed by atoms with Crippen LogP contribution in [0.4, 0.5) is 0 Å². The van der Waals surface area contributed by atoms with Crippen LogP contribution in [0.15, 0.2) is 24.5 Å². The van der Waals surface area contributed by atoms with Gasteiger partial charge in [0, 0.05) is 12.6 Å². The maximum Gasteiger partial charge on any atom is 0.171 e. The van der Waals surface area contributed by atoms with E-state index in [-0.39, 0.29) is 5.69 Å². The Balaban J connectivity index is 2.66. The molecular weight excluding hydrogens is 268 g/mol. The number of aliphatic hydroxyl groups is 6. The van der Waals surface area contributed by atoms with Crippen LogP contribution >= 0.6 is 0 Å². The number of aromatic nitrogens is 2. The zero-order chi connectivity index (χ0) is 15.1. The molecule has 1 rings (SSSR count). The second kappa shape index (κ2) is 8.00. The smallest absolute Gasteiger partial charge is 0.171 e. The number of nitrogens with zero attached hydrogens (tertiary/aromatic N) is 2. The highest BCUT2D eigenvalue weighted by atomic mass is 16.5. The lowest BCUT2D eigenvalue weighted by Crippen LogP contribution is -2.35. The Morgan fingerprint density at radius 2 is 1.75 bits per heavy atom. The molecule has 0 aliphatic heterocycles. The predicted octanol–water partition coefficient (Wildman–Crippen LogP) is -2.37. The van der Waals surface area contributed by atoms with E-state index in [1.807, 2.05) is 0 Å². The van der Waals surface area contributed by atoms with Crippen LogP contribution in [-0.2, 0) is 6.42 Å². The molecule has 1 aromatic heterocycles. The molecule has 20 heavy (non-hydrogen) atoms. The molecule has 1 heterocycles. The van der Waals surface area contributed by atoms with E-state index in [9.17, 15) is 15.3 Å². The maximum atomic E-state index is 9.73. The Hall–Kier alpha value is -1.42. The molecular formula is C12H18N2O6. The van der Waals surface area contributed by atoms with Gasteiger partial charge in [0.1, 0.15) is 18.3 Å². The van der Waals surface area contributed by atoms with Crippen LogP contribution in [0.1, 0.15) is 17.5 Å². The van der Waals surface area contributed by atoms with Crippen LogP contribution in [0.2, 0.25) is 0 Å². The number of aliphatic hydroxyl groups excluding tert-OH is 5. The van der Waals surface area contributed by atoms with E-state index in [2.05, 4.69) is 9.97 Å². The van der Waals surface area contributed by atoms with Gasteiger partial charge in [0.25, 0.3) is 0 Å². The average Bonchev–Trinajstić information content (AvgIpc) is 2.45. The number of rotatable bonds is 7. The molecule has 0 saturated heterocycles. The van der Waals surface area contributed by atoms with Crippen molar-refractivity contribution in [2.24, 2.45) is 0 Å². The normalized spacial score (nSPS) is 16.6. The fraction of sp³-hybridized carbons (Fsp3) is 0.500. The van der Waals surface area contributed by atoms with Gasteiger partial charge in [-0.3, -0.25) is 9.97 Å². The Labute approximate surface area is 115 Å². The third-order valence-corrected chi connectivity index (χ3v) is 2.57. The summed E-state index contributed by atoms with van der Waals surface area (Å²) in [6.45, 7) is -0.683. The maximum absolute atomic E-state index is 9.73. The Kier molecular flexibility index (Phi) is 6.65. The minimum Gasteiger partial charge on any atom is -0.394 e. The van der Waals surface area contributed by atoms with E-state index in [1.165, 1.54) is 24.5 Å². The standard InChI is InChI=1S/C12H18N2O6/c15-6-9(16)12(20)11(19)8-5-13-7(4-14-8)2-1-3-10(17)18/h1,3-5,9-12,15-20H,2,6H2. The average molecular weight is 286 g/mol. The second-order valence-electron chi connectivity index (χ2n) is 4.16. The number of hydrogen-bond acceptors (Lipinski definition) is 8. The van der Waals surface area contributed by atoms with Crippen LogP contribution in [0, 0.1) is 0 Å². The first-order chi connectivity index (χ1) is 9.45. The fourth-order valence-electron chi connectivity index (χ4n) is 1.43. The van der Waals surface area contributed by atoms with Crippen LogP contribution in [0.25, 0.3) is 0 Å². The molecule has 3 unspecified atom stereocenters. The highest BCUT2D eigenvalue weighted by Crippen LogP contribution is 2.16. The van der Waals surface area contributed by atoms with Crippen molar-refractivity contribution < 1.29 is 30.6 Å². The van der Waals surface area contributed by atoms with E-state index < -0.39 is 31.2 Å². The van der Waals surface area contributed by atoms with Crippen molar-refractivity contribution >= 4 is 0 Å². The molecule has 1 aromatic rings. The van der Waals surface area contributed by atoms with Crippen molar-refractivity contribution in [1.82, 2.24) is 9.97 Å². The summed E-state index contributed by atoms with van der Waals surface area (Å²) < 4.78 is 0. The molecule has 6 N–H and O–H groups in total. The Morgan fingerprint density at radius 3 is 2.25 bits per heavy atom. The van der Waals surface area contributed by atoms with Gasteiger partial charge < -0.3 is 30.6 Å². The number of hydrogen-bond donors (Lipinski definition) is 6. The summed E-state index contributed by atoms with van der Waals surface area (Å²) in [4.78, 5) is 7.86. The van der Waals surface area contributed by atoms with E-state index in [4.69, 9.17) is 15.3 Å². The van der Waals surface area contributed by atoms with Gasteiger partial charge in [-0.25, -0.2) is 0 Å². The molecule has 0 aromatic carbocycles. The van der Waals surface area contributed by atoms with Gasteiger partial charge in [0.2, 0.25) is 0 Å². The first kappa shape index (κ1) is 16.6. The first-order valence-electron chi connectivity index (χ1n) is 5.94. The van der Waals surface area contributed by atoms with Gasteiger partial charge >= 0.3 is 0 Å². The third kappa shape index (κ3) is 4.93. The predicted molar refractivity (Wildman–Crippen MR) is 67.2 cm³/mol. The summed E-state index contributed by atoms with van der Waals surface area (Å²) in [6, 6.07) is 0. The lowest BCUT2D eigenvalue weighted by molar-refractivity contribution is -0.0790. The summed E-state index contributed by atoms with van der Waals surface area (Å²) in [6.07, 6.45) is -0.456. The van der Waals surface area contributed by atoms with Gasteiger partial charge in [-0.05, 0) is 6.08 Å². The van der Waals surface area contributed by atoms with Crippen LogP contribution < -0.4 is 0 Å². The lowest BCUT2D eigenvalue weighted by atomic mass is 10.1. The van der Waals surface area contributed by atoms with Crippen molar-refractivity contribution in [2.75, 3.05) is 6.61 Å². The fourth-order valence-corrected chi connectivity index (χ4v) is 1.43. The molecule has 0 spiro atoms. The van der Waals surface area contributed by atoms with Crippen LogP contribution in [0.3, 0.4) is 0 Å². The van der Waals surface area contributed by atoms with Crippen molar-refractivity contribution in [3.63, 3.8) is 0 Å². The van der Waals surface area contributed by atoms with Crippen molar-refractivity contribution in [2.45, 2.75) is 31.0 Å². The van der Waals surface area contributed by atoms with Crippen LogP contribution in [0.5, 0.6) is 0 Å². The van der Waals surface area contributed by atoms with Crippen LogP contribution in [-0.4, -0.2) is 65.7 Å². The van der Waals surface area contributed by atoms with Gasteiger partial charge in [0.05, 0.1) is 24.2 Å². The molecule has 0 bridgehead atoms. The van der Waals surface area contributed by atoms with Crippen molar-refractivity contribution in [3.05, 3.63) is 35.9 Å². The van der Waals surface area contributed by atoms with Crippen molar-refractivity contribution in [1.29, 1.82) is 0 Å². The number of allylic oxidation sites excluding steroid dienone is 1. The minimum atomic E-state index is -1.57. The molecule has 0 aliphatic carbocycles. The SMILES string of the molecule is OCC(O)C(O)C(O)c1cnc(CC=CC(O)O)cn1. The molecule has 0 fully saturated rings. The summed E-state index contributed by atoms with van der Waals surface area (Å²) >= 11 is 0. The zero-order valence-electron chi connectivity index (χ0n) is 10.6. The Bertz CT molecular complexity index is 422. The van der Waals surface area contributed by atoms with E-state index >= 15 is 0 Å². The Morgan fingerprint density at radius 1 is 1.05 bits per heavy atom. The zero-order valence-corrected chi connectivity index (χ0v) is 10.6. The van der Waals surface area contributed by atoms with E-state index in [0.717, 1.165) is 0 Å². The van der Waals surface area contributed by atoms with E-state index in [0.29, 0.717) is 12.1 Å².